The molecule has 1 amide bonds. The van der Waals surface area contributed by atoms with Crippen molar-refractivity contribution < 1.29 is 4.79 Å². The van der Waals surface area contributed by atoms with E-state index in [4.69, 9.17) is 0 Å². The van der Waals surface area contributed by atoms with Crippen LogP contribution in [0.1, 0.15) is 31.7 Å². The normalized spacial score (nSPS) is 29.1. The summed E-state index contributed by atoms with van der Waals surface area (Å²) in [5.74, 6) is 1.47. The monoisotopic (exact) mass is 350 g/mol. The van der Waals surface area contributed by atoms with Crippen molar-refractivity contribution >= 4 is 21.8 Å². The fourth-order valence-electron chi connectivity index (χ4n) is 3.83. The first kappa shape index (κ1) is 15.0. The number of carbonyl (C=O) groups excluding carboxylic acids is 1. The van der Waals surface area contributed by atoms with Crippen LogP contribution in [0.5, 0.6) is 0 Å². The zero-order chi connectivity index (χ0) is 14.8. The van der Waals surface area contributed by atoms with Gasteiger partial charge in [-0.25, -0.2) is 0 Å². The van der Waals surface area contributed by atoms with Crippen LogP contribution < -0.4 is 10.6 Å². The van der Waals surface area contributed by atoms with Gasteiger partial charge in [-0.15, -0.1) is 0 Å². The summed E-state index contributed by atoms with van der Waals surface area (Å²) in [6.07, 6.45) is 4.65. The summed E-state index contributed by atoms with van der Waals surface area (Å²) in [6.45, 7) is 3.10. The number of halogens is 1. The van der Waals surface area contributed by atoms with Gasteiger partial charge in [-0.3, -0.25) is 4.79 Å². The Balaban J connectivity index is 1.53. The number of hydrogen-bond acceptors (Lipinski definition) is 2. The van der Waals surface area contributed by atoms with E-state index in [9.17, 15) is 4.79 Å². The van der Waals surface area contributed by atoms with Crippen LogP contribution in [0.15, 0.2) is 28.7 Å². The van der Waals surface area contributed by atoms with E-state index in [-0.39, 0.29) is 18.0 Å². The van der Waals surface area contributed by atoms with Crippen molar-refractivity contribution in [2.45, 2.75) is 44.7 Å². The smallest absolute Gasteiger partial charge is 0.237 e. The highest BCUT2D eigenvalue weighted by molar-refractivity contribution is 9.10. The van der Waals surface area contributed by atoms with Crippen molar-refractivity contribution in [1.29, 1.82) is 0 Å². The summed E-state index contributed by atoms with van der Waals surface area (Å²) >= 11 is 3.44. The van der Waals surface area contributed by atoms with Gasteiger partial charge in [0, 0.05) is 10.5 Å². The SMILES string of the molecule is CC(Cc1ccc(Br)cc1)NC(=O)C1NCC2CCCC21. The van der Waals surface area contributed by atoms with E-state index in [1.165, 1.54) is 24.8 Å². The van der Waals surface area contributed by atoms with Crippen LogP contribution in [0.2, 0.25) is 0 Å². The van der Waals surface area contributed by atoms with Crippen molar-refractivity contribution in [2.75, 3.05) is 6.54 Å². The molecule has 1 aliphatic heterocycles. The van der Waals surface area contributed by atoms with E-state index in [0.717, 1.165) is 23.4 Å². The topological polar surface area (TPSA) is 41.1 Å². The third-order valence-electron chi connectivity index (χ3n) is 4.87. The van der Waals surface area contributed by atoms with Crippen LogP contribution in [0, 0.1) is 11.8 Å². The first-order chi connectivity index (χ1) is 10.1. The average Bonchev–Trinajstić information content (AvgIpc) is 3.03. The van der Waals surface area contributed by atoms with Crippen molar-refractivity contribution in [3.63, 3.8) is 0 Å². The number of benzene rings is 1. The Morgan fingerprint density at radius 3 is 2.90 bits per heavy atom. The lowest BCUT2D eigenvalue weighted by Crippen LogP contribution is -2.47. The fraction of sp³-hybridized carbons (Fsp3) is 0.588. The highest BCUT2D eigenvalue weighted by atomic mass is 79.9. The number of fused-ring (bicyclic) bond motifs is 1. The minimum Gasteiger partial charge on any atom is -0.352 e. The molecule has 0 aromatic heterocycles. The van der Waals surface area contributed by atoms with E-state index in [1.54, 1.807) is 0 Å². The minimum atomic E-state index is 0.0323. The predicted octanol–water partition coefficient (Wildman–Crippen LogP) is 2.88. The molecule has 1 aliphatic carbocycles. The summed E-state index contributed by atoms with van der Waals surface area (Å²) in [7, 11) is 0. The number of nitrogens with one attached hydrogen (secondary N) is 2. The highest BCUT2D eigenvalue weighted by Gasteiger charge is 2.42. The molecule has 1 heterocycles. The molecule has 0 bridgehead atoms. The zero-order valence-corrected chi connectivity index (χ0v) is 14.0. The van der Waals surface area contributed by atoms with Gasteiger partial charge in [0.25, 0.3) is 0 Å². The van der Waals surface area contributed by atoms with Crippen LogP contribution in [-0.4, -0.2) is 24.5 Å². The molecule has 1 saturated heterocycles. The van der Waals surface area contributed by atoms with E-state index in [0.29, 0.717) is 5.92 Å². The lowest BCUT2D eigenvalue weighted by Gasteiger charge is -2.21. The predicted molar refractivity (Wildman–Crippen MR) is 88.1 cm³/mol. The zero-order valence-electron chi connectivity index (χ0n) is 12.4. The molecule has 2 N–H and O–H groups in total. The van der Waals surface area contributed by atoms with Crippen LogP contribution in [0.4, 0.5) is 0 Å². The summed E-state index contributed by atoms with van der Waals surface area (Å²) < 4.78 is 1.09. The van der Waals surface area contributed by atoms with Gasteiger partial charge >= 0.3 is 0 Å². The van der Waals surface area contributed by atoms with Crippen molar-refractivity contribution in [3.05, 3.63) is 34.3 Å². The molecular formula is C17H23BrN2O. The lowest BCUT2D eigenvalue weighted by atomic mass is 9.93. The Hall–Kier alpha value is -0.870. The molecular weight excluding hydrogens is 328 g/mol. The lowest BCUT2D eigenvalue weighted by molar-refractivity contribution is -0.124. The van der Waals surface area contributed by atoms with Gasteiger partial charge in [0.15, 0.2) is 0 Å². The first-order valence-electron chi connectivity index (χ1n) is 7.91. The molecule has 0 radical (unpaired) electrons. The molecule has 2 fully saturated rings. The maximum absolute atomic E-state index is 12.5. The second-order valence-electron chi connectivity index (χ2n) is 6.48. The van der Waals surface area contributed by atoms with Gasteiger partial charge in [-0.05, 0) is 62.3 Å². The van der Waals surface area contributed by atoms with Gasteiger partial charge in [0.05, 0.1) is 6.04 Å². The quantitative estimate of drug-likeness (QED) is 0.876. The summed E-state index contributed by atoms with van der Waals surface area (Å²) in [6, 6.07) is 8.50. The van der Waals surface area contributed by atoms with Gasteiger partial charge in [-0.2, -0.15) is 0 Å². The van der Waals surface area contributed by atoms with Gasteiger partial charge < -0.3 is 10.6 Å². The van der Waals surface area contributed by atoms with Gasteiger partial charge in [-0.1, -0.05) is 34.5 Å². The largest absolute Gasteiger partial charge is 0.352 e. The molecule has 4 heteroatoms. The van der Waals surface area contributed by atoms with Gasteiger partial charge in [0.2, 0.25) is 5.91 Å². The van der Waals surface area contributed by atoms with Crippen molar-refractivity contribution in [2.24, 2.45) is 11.8 Å². The number of carbonyl (C=O) groups is 1. The molecule has 1 aromatic rings. The Morgan fingerprint density at radius 1 is 1.38 bits per heavy atom. The Bertz CT molecular complexity index is 502. The van der Waals surface area contributed by atoms with Gasteiger partial charge in [0.1, 0.15) is 0 Å². The summed E-state index contributed by atoms with van der Waals surface area (Å²) in [5, 5.41) is 6.60. The average molecular weight is 351 g/mol. The van der Waals surface area contributed by atoms with E-state index >= 15 is 0 Å². The Kier molecular flexibility index (Phi) is 4.65. The third kappa shape index (κ3) is 3.49. The molecule has 1 saturated carbocycles. The molecule has 2 aliphatic rings. The van der Waals surface area contributed by atoms with Crippen molar-refractivity contribution in [1.82, 2.24) is 10.6 Å². The number of amides is 1. The van der Waals surface area contributed by atoms with Crippen LogP contribution in [0.3, 0.4) is 0 Å². The minimum absolute atomic E-state index is 0.0323. The molecule has 114 valence electrons. The Labute approximate surface area is 135 Å². The van der Waals surface area contributed by atoms with Crippen LogP contribution in [-0.2, 0) is 11.2 Å². The van der Waals surface area contributed by atoms with E-state index in [1.807, 2.05) is 12.1 Å². The molecule has 4 unspecified atom stereocenters. The second-order valence-corrected chi connectivity index (χ2v) is 7.40. The second kappa shape index (κ2) is 6.49. The van der Waals surface area contributed by atoms with Crippen LogP contribution in [0.25, 0.3) is 0 Å². The van der Waals surface area contributed by atoms with E-state index in [2.05, 4.69) is 45.6 Å². The molecule has 3 rings (SSSR count). The molecule has 1 aromatic carbocycles. The number of rotatable bonds is 4. The molecule has 3 nitrogen and oxygen atoms in total. The summed E-state index contributed by atoms with van der Waals surface area (Å²) in [5.41, 5.74) is 1.25. The third-order valence-corrected chi connectivity index (χ3v) is 5.40. The van der Waals surface area contributed by atoms with Crippen LogP contribution >= 0.6 is 15.9 Å². The standard InChI is InChI=1S/C17H23BrN2O/c1-11(9-12-5-7-14(18)8-6-12)20-17(21)16-15-4-2-3-13(15)10-19-16/h5-8,11,13,15-16,19H,2-4,9-10H2,1H3,(H,20,21). The number of hydrogen-bond donors (Lipinski definition) is 2. The maximum atomic E-state index is 12.5. The summed E-state index contributed by atoms with van der Waals surface area (Å²) in [4.78, 5) is 12.5. The Morgan fingerprint density at radius 2 is 2.14 bits per heavy atom. The maximum Gasteiger partial charge on any atom is 0.237 e. The molecule has 4 atom stereocenters. The molecule has 0 spiro atoms. The van der Waals surface area contributed by atoms with Crippen molar-refractivity contribution in [3.8, 4) is 0 Å². The fourth-order valence-corrected chi connectivity index (χ4v) is 4.10. The molecule has 21 heavy (non-hydrogen) atoms. The first-order valence-corrected chi connectivity index (χ1v) is 8.71. The highest BCUT2D eigenvalue weighted by Crippen LogP contribution is 2.37. The van der Waals surface area contributed by atoms with E-state index < -0.39 is 0 Å².